The predicted molar refractivity (Wildman–Crippen MR) is 85.9 cm³/mol. The standard InChI is InChI=1S/C17H22N2O2/c1-11(2)8-9-12(3)18-16-14(17(20)21)10-13-6-4-5-7-15(13)19-16/h4-7,10-12H,8-9H2,1-3H3,(H,18,19)(H,20,21). The van der Waals surface area contributed by atoms with Crippen molar-refractivity contribution in [2.45, 2.75) is 39.7 Å². The first-order valence-electron chi connectivity index (χ1n) is 7.37. The lowest BCUT2D eigenvalue weighted by Crippen LogP contribution is -2.19. The number of carboxylic acid groups (broad SMARTS) is 1. The Kier molecular flexibility index (Phi) is 4.78. The van der Waals surface area contributed by atoms with Gasteiger partial charge in [0.2, 0.25) is 0 Å². The number of nitrogens with zero attached hydrogens (tertiary/aromatic N) is 1. The fraction of sp³-hybridized carbons (Fsp3) is 0.412. The Balaban J connectivity index is 2.28. The molecule has 1 atom stereocenters. The zero-order chi connectivity index (χ0) is 15.4. The smallest absolute Gasteiger partial charge is 0.339 e. The van der Waals surface area contributed by atoms with Gasteiger partial charge in [0.15, 0.2) is 0 Å². The maximum absolute atomic E-state index is 11.4. The fourth-order valence-corrected chi connectivity index (χ4v) is 2.28. The lowest BCUT2D eigenvalue weighted by molar-refractivity contribution is 0.0697. The van der Waals surface area contributed by atoms with Gasteiger partial charge >= 0.3 is 5.97 Å². The summed E-state index contributed by atoms with van der Waals surface area (Å²) in [6.07, 6.45) is 2.09. The molecule has 1 aromatic carbocycles. The van der Waals surface area contributed by atoms with E-state index in [9.17, 15) is 9.90 Å². The highest BCUT2D eigenvalue weighted by Gasteiger charge is 2.15. The van der Waals surface area contributed by atoms with Crippen LogP contribution < -0.4 is 5.32 Å². The average Bonchev–Trinajstić information content (AvgIpc) is 2.44. The number of anilines is 1. The predicted octanol–water partition coefficient (Wildman–Crippen LogP) is 4.17. The van der Waals surface area contributed by atoms with Crippen molar-refractivity contribution in [3.8, 4) is 0 Å². The number of hydrogen-bond donors (Lipinski definition) is 2. The van der Waals surface area contributed by atoms with Crippen molar-refractivity contribution in [1.82, 2.24) is 4.98 Å². The van der Waals surface area contributed by atoms with Gasteiger partial charge in [0.05, 0.1) is 5.52 Å². The normalized spacial score (nSPS) is 12.6. The van der Waals surface area contributed by atoms with Crippen LogP contribution in [0, 0.1) is 5.92 Å². The molecule has 4 nitrogen and oxygen atoms in total. The first kappa shape index (κ1) is 15.3. The van der Waals surface area contributed by atoms with Crippen LogP contribution in [-0.4, -0.2) is 22.1 Å². The summed E-state index contributed by atoms with van der Waals surface area (Å²) in [6.45, 7) is 6.43. The monoisotopic (exact) mass is 286 g/mol. The Morgan fingerprint density at radius 1 is 1.24 bits per heavy atom. The lowest BCUT2D eigenvalue weighted by Gasteiger charge is -2.17. The third-order valence-electron chi connectivity index (χ3n) is 3.51. The first-order chi connectivity index (χ1) is 9.97. The molecular weight excluding hydrogens is 264 g/mol. The number of carbonyl (C=O) groups is 1. The van der Waals surface area contributed by atoms with Crippen molar-refractivity contribution in [2.24, 2.45) is 5.92 Å². The summed E-state index contributed by atoms with van der Waals surface area (Å²) < 4.78 is 0. The van der Waals surface area contributed by atoms with E-state index in [0.717, 1.165) is 23.7 Å². The summed E-state index contributed by atoms with van der Waals surface area (Å²) in [6, 6.07) is 9.43. The van der Waals surface area contributed by atoms with Crippen LogP contribution in [0.4, 0.5) is 5.82 Å². The maximum atomic E-state index is 11.4. The quantitative estimate of drug-likeness (QED) is 0.836. The third kappa shape index (κ3) is 3.94. The van der Waals surface area contributed by atoms with E-state index in [2.05, 4.69) is 31.1 Å². The van der Waals surface area contributed by atoms with E-state index < -0.39 is 5.97 Å². The largest absolute Gasteiger partial charge is 0.478 e. The van der Waals surface area contributed by atoms with E-state index in [1.807, 2.05) is 24.3 Å². The van der Waals surface area contributed by atoms with E-state index in [1.54, 1.807) is 6.07 Å². The topological polar surface area (TPSA) is 62.2 Å². The molecular formula is C17H22N2O2. The molecule has 21 heavy (non-hydrogen) atoms. The Morgan fingerprint density at radius 3 is 2.62 bits per heavy atom. The van der Waals surface area contributed by atoms with Crippen molar-refractivity contribution in [1.29, 1.82) is 0 Å². The van der Waals surface area contributed by atoms with Crippen LogP contribution >= 0.6 is 0 Å². The number of aromatic nitrogens is 1. The minimum Gasteiger partial charge on any atom is -0.478 e. The number of aromatic carboxylic acids is 1. The average molecular weight is 286 g/mol. The van der Waals surface area contributed by atoms with Crippen molar-refractivity contribution >= 4 is 22.7 Å². The van der Waals surface area contributed by atoms with E-state index in [1.165, 1.54) is 0 Å². The minimum absolute atomic E-state index is 0.194. The van der Waals surface area contributed by atoms with Crippen LogP contribution in [-0.2, 0) is 0 Å². The Bertz CT molecular complexity index is 638. The number of hydrogen-bond acceptors (Lipinski definition) is 3. The van der Waals surface area contributed by atoms with Crippen molar-refractivity contribution in [3.63, 3.8) is 0 Å². The number of fused-ring (bicyclic) bond motifs is 1. The Hall–Kier alpha value is -2.10. The second kappa shape index (κ2) is 6.57. The Labute approximate surface area is 125 Å². The minimum atomic E-state index is -0.952. The number of rotatable bonds is 6. The van der Waals surface area contributed by atoms with Crippen molar-refractivity contribution < 1.29 is 9.90 Å². The molecule has 0 fully saturated rings. The van der Waals surface area contributed by atoms with Gasteiger partial charge in [-0.2, -0.15) is 0 Å². The second-order valence-electron chi connectivity index (χ2n) is 5.90. The lowest BCUT2D eigenvalue weighted by atomic mass is 10.0. The van der Waals surface area contributed by atoms with Crippen LogP contribution in [0.1, 0.15) is 44.0 Å². The number of para-hydroxylation sites is 1. The van der Waals surface area contributed by atoms with E-state index in [4.69, 9.17) is 0 Å². The molecule has 0 aliphatic carbocycles. The van der Waals surface area contributed by atoms with Crippen LogP contribution in [0.2, 0.25) is 0 Å². The summed E-state index contributed by atoms with van der Waals surface area (Å²) in [5.41, 5.74) is 1.03. The summed E-state index contributed by atoms with van der Waals surface area (Å²) >= 11 is 0. The van der Waals surface area contributed by atoms with Gasteiger partial charge in [-0.3, -0.25) is 0 Å². The summed E-state index contributed by atoms with van der Waals surface area (Å²) in [5, 5.41) is 13.5. The van der Waals surface area contributed by atoms with E-state index in [0.29, 0.717) is 11.7 Å². The Morgan fingerprint density at radius 2 is 1.95 bits per heavy atom. The van der Waals surface area contributed by atoms with E-state index in [-0.39, 0.29) is 11.6 Å². The van der Waals surface area contributed by atoms with Crippen LogP contribution in [0.15, 0.2) is 30.3 Å². The van der Waals surface area contributed by atoms with Gasteiger partial charge in [0.1, 0.15) is 11.4 Å². The number of benzene rings is 1. The highest BCUT2D eigenvalue weighted by atomic mass is 16.4. The fourth-order valence-electron chi connectivity index (χ4n) is 2.28. The molecule has 0 bridgehead atoms. The van der Waals surface area contributed by atoms with Gasteiger partial charge < -0.3 is 10.4 Å². The number of carboxylic acids is 1. The van der Waals surface area contributed by atoms with Gasteiger partial charge in [0, 0.05) is 11.4 Å². The number of nitrogens with one attached hydrogen (secondary N) is 1. The highest BCUT2D eigenvalue weighted by molar-refractivity contribution is 5.98. The highest BCUT2D eigenvalue weighted by Crippen LogP contribution is 2.22. The molecule has 0 amide bonds. The molecule has 2 aromatic rings. The summed E-state index contributed by atoms with van der Waals surface area (Å²) in [5.74, 6) is 0.141. The van der Waals surface area contributed by atoms with Crippen LogP contribution in [0.25, 0.3) is 10.9 Å². The van der Waals surface area contributed by atoms with Crippen molar-refractivity contribution in [2.75, 3.05) is 5.32 Å². The first-order valence-corrected chi connectivity index (χ1v) is 7.37. The zero-order valence-corrected chi connectivity index (χ0v) is 12.8. The maximum Gasteiger partial charge on any atom is 0.339 e. The van der Waals surface area contributed by atoms with Crippen LogP contribution in [0.5, 0.6) is 0 Å². The summed E-state index contributed by atoms with van der Waals surface area (Å²) in [7, 11) is 0. The molecule has 0 saturated heterocycles. The molecule has 0 saturated carbocycles. The molecule has 0 spiro atoms. The van der Waals surface area contributed by atoms with Gasteiger partial charge in [-0.15, -0.1) is 0 Å². The number of pyridine rings is 1. The molecule has 112 valence electrons. The molecule has 2 N–H and O–H groups in total. The molecule has 1 heterocycles. The van der Waals surface area contributed by atoms with Crippen LogP contribution in [0.3, 0.4) is 0 Å². The molecule has 0 aliphatic rings. The second-order valence-corrected chi connectivity index (χ2v) is 5.90. The van der Waals surface area contributed by atoms with Gasteiger partial charge in [-0.05, 0) is 37.8 Å². The SMILES string of the molecule is CC(C)CCC(C)Nc1nc2ccccc2cc1C(=O)O. The zero-order valence-electron chi connectivity index (χ0n) is 12.8. The molecule has 1 unspecified atom stereocenters. The molecule has 0 radical (unpaired) electrons. The van der Waals surface area contributed by atoms with Gasteiger partial charge in [-0.25, -0.2) is 9.78 Å². The van der Waals surface area contributed by atoms with Crippen molar-refractivity contribution in [3.05, 3.63) is 35.9 Å². The molecule has 2 rings (SSSR count). The molecule has 0 aliphatic heterocycles. The van der Waals surface area contributed by atoms with Gasteiger partial charge in [-0.1, -0.05) is 32.0 Å². The summed E-state index contributed by atoms with van der Waals surface area (Å²) in [4.78, 5) is 15.9. The van der Waals surface area contributed by atoms with Gasteiger partial charge in [0.25, 0.3) is 0 Å². The molecule has 1 aromatic heterocycles. The molecule has 4 heteroatoms. The van der Waals surface area contributed by atoms with E-state index >= 15 is 0 Å². The third-order valence-corrected chi connectivity index (χ3v) is 3.51.